The van der Waals surface area contributed by atoms with Crippen LogP contribution in [0.3, 0.4) is 0 Å². The van der Waals surface area contributed by atoms with Gasteiger partial charge in [-0.3, -0.25) is 4.79 Å². The lowest BCUT2D eigenvalue weighted by Gasteiger charge is -2.28. The van der Waals surface area contributed by atoms with E-state index >= 15 is 0 Å². The summed E-state index contributed by atoms with van der Waals surface area (Å²) in [6.07, 6.45) is 4.09. The van der Waals surface area contributed by atoms with E-state index in [1.54, 1.807) is 7.11 Å². The first-order chi connectivity index (χ1) is 11.3. The standard InChI is InChI=1S/C19H23N3O2/c1-11-15(24-5)7-6-13-14(8-16(23)22-17(11)13)12-9-20-18(21-10-12)19(2,3)4/h6-7,9-10,14H,8H2,1-5H3,(H,22,23). The summed E-state index contributed by atoms with van der Waals surface area (Å²) in [6.45, 7) is 8.21. The van der Waals surface area contributed by atoms with Crippen LogP contribution in [0, 0.1) is 6.92 Å². The Morgan fingerprint density at radius 2 is 1.88 bits per heavy atom. The lowest BCUT2D eigenvalue weighted by atomic mass is 9.84. The monoisotopic (exact) mass is 325 g/mol. The van der Waals surface area contributed by atoms with Crippen molar-refractivity contribution in [1.82, 2.24) is 9.97 Å². The number of nitrogens with one attached hydrogen (secondary N) is 1. The van der Waals surface area contributed by atoms with Gasteiger partial charge in [-0.1, -0.05) is 26.8 Å². The molecule has 1 aromatic heterocycles. The van der Waals surface area contributed by atoms with Crippen LogP contribution in [-0.4, -0.2) is 23.0 Å². The Bertz CT molecular complexity index is 776. The minimum absolute atomic E-state index is 0.00347. The molecule has 2 aromatic rings. The Morgan fingerprint density at radius 3 is 2.46 bits per heavy atom. The molecule has 0 spiro atoms. The number of hydrogen-bond donors (Lipinski definition) is 1. The van der Waals surface area contributed by atoms with Crippen LogP contribution in [0.5, 0.6) is 5.75 Å². The van der Waals surface area contributed by atoms with E-state index in [0.29, 0.717) is 6.42 Å². The van der Waals surface area contributed by atoms with Gasteiger partial charge in [0.2, 0.25) is 5.91 Å². The van der Waals surface area contributed by atoms with Crippen LogP contribution in [-0.2, 0) is 10.2 Å². The van der Waals surface area contributed by atoms with Crippen LogP contribution in [0.15, 0.2) is 24.5 Å². The van der Waals surface area contributed by atoms with Gasteiger partial charge in [-0.2, -0.15) is 0 Å². The minimum Gasteiger partial charge on any atom is -0.496 e. The maximum atomic E-state index is 12.2. The fourth-order valence-corrected chi connectivity index (χ4v) is 3.08. The van der Waals surface area contributed by atoms with Crippen molar-refractivity contribution in [1.29, 1.82) is 0 Å². The molecule has 0 saturated heterocycles. The molecular formula is C19H23N3O2. The Labute approximate surface area is 142 Å². The van der Waals surface area contributed by atoms with Crippen LogP contribution in [0.2, 0.25) is 0 Å². The van der Waals surface area contributed by atoms with E-state index in [-0.39, 0.29) is 17.2 Å². The third-order valence-corrected chi connectivity index (χ3v) is 4.44. The smallest absolute Gasteiger partial charge is 0.225 e. The first kappa shape index (κ1) is 16.4. The average molecular weight is 325 g/mol. The second-order valence-corrected chi connectivity index (χ2v) is 7.25. The number of carbonyl (C=O) groups is 1. The first-order valence-electron chi connectivity index (χ1n) is 8.11. The van der Waals surface area contributed by atoms with Gasteiger partial charge in [-0.25, -0.2) is 9.97 Å². The molecule has 1 aromatic carbocycles. The molecule has 5 nitrogen and oxygen atoms in total. The quantitative estimate of drug-likeness (QED) is 0.917. The molecule has 1 atom stereocenters. The molecule has 24 heavy (non-hydrogen) atoms. The molecule has 0 saturated carbocycles. The van der Waals surface area contributed by atoms with Gasteiger partial charge in [0.25, 0.3) is 0 Å². The average Bonchev–Trinajstić information content (AvgIpc) is 2.54. The van der Waals surface area contributed by atoms with Crippen molar-refractivity contribution in [3.05, 3.63) is 47.0 Å². The molecule has 1 unspecified atom stereocenters. The van der Waals surface area contributed by atoms with Gasteiger partial charge in [-0.15, -0.1) is 0 Å². The molecule has 5 heteroatoms. The van der Waals surface area contributed by atoms with E-state index in [0.717, 1.165) is 34.0 Å². The number of rotatable bonds is 2. The fourth-order valence-electron chi connectivity index (χ4n) is 3.08. The molecule has 3 rings (SSSR count). The summed E-state index contributed by atoms with van der Waals surface area (Å²) in [5.74, 6) is 1.54. The van der Waals surface area contributed by atoms with Gasteiger partial charge in [0.05, 0.1) is 12.8 Å². The zero-order valence-corrected chi connectivity index (χ0v) is 14.8. The number of fused-ring (bicyclic) bond motifs is 1. The summed E-state index contributed by atoms with van der Waals surface area (Å²) in [5.41, 5.74) is 3.74. The molecule has 126 valence electrons. The number of methoxy groups -OCH3 is 1. The van der Waals surface area contributed by atoms with Gasteiger partial charge in [0, 0.05) is 35.7 Å². The highest BCUT2D eigenvalue weighted by Crippen LogP contribution is 2.41. The van der Waals surface area contributed by atoms with Crippen LogP contribution >= 0.6 is 0 Å². The number of amides is 1. The highest BCUT2D eigenvalue weighted by molar-refractivity contribution is 5.96. The van der Waals surface area contributed by atoms with Gasteiger partial charge in [0.15, 0.2) is 0 Å². The Kier molecular flexibility index (Phi) is 4.03. The number of aromatic nitrogens is 2. The minimum atomic E-state index is -0.0929. The maximum Gasteiger partial charge on any atom is 0.225 e. The van der Waals surface area contributed by atoms with Crippen LogP contribution in [0.4, 0.5) is 5.69 Å². The van der Waals surface area contributed by atoms with Gasteiger partial charge >= 0.3 is 0 Å². The summed E-state index contributed by atoms with van der Waals surface area (Å²) in [5, 5.41) is 2.98. The molecule has 0 aliphatic carbocycles. The molecule has 1 aliphatic heterocycles. The second kappa shape index (κ2) is 5.89. The highest BCUT2D eigenvalue weighted by atomic mass is 16.5. The first-order valence-corrected chi connectivity index (χ1v) is 8.11. The second-order valence-electron chi connectivity index (χ2n) is 7.25. The summed E-state index contributed by atoms with van der Waals surface area (Å²) in [6, 6.07) is 3.96. The van der Waals surface area contributed by atoms with E-state index in [9.17, 15) is 4.79 Å². The van der Waals surface area contributed by atoms with Crippen molar-refractivity contribution in [2.45, 2.75) is 45.4 Å². The zero-order chi connectivity index (χ0) is 17.5. The largest absolute Gasteiger partial charge is 0.496 e. The molecule has 0 fully saturated rings. The van der Waals surface area contributed by atoms with E-state index in [4.69, 9.17) is 4.74 Å². The van der Waals surface area contributed by atoms with Crippen LogP contribution < -0.4 is 10.1 Å². The van der Waals surface area contributed by atoms with Crippen molar-refractivity contribution in [2.75, 3.05) is 12.4 Å². The lowest BCUT2D eigenvalue weighted by molar-refractivity contribution is -0.116. The molecule has 0 bridgehead atoms. The Hall–Kier alpha value is -2.43. The number of nitrogens with zero attached hydrogens (tertiary/aromatic N) is 2. The van der Waals surface area contributed by atoms with Crippen molar-refractivity contribution in [3.63, 3.8) is 0 Å². The van der Waals surface area contributed by atoms with Gasteiger partial charge in [0.1, 0.15) is 11.6 Å². The molecule has 1 amide bonds. The third kappa shape index (κ3) is 2.86. The van der Waals surface area contributed by atoms with Gasteiger partial charge in [-0.05, 0) is 24.1 Å². The third-order valence-electron chi connectivity index (χ3n) is 4.44. The van der Waals surface area contributed by atoms with E-state index < -0.39 is 0 Å². The van der Waals surface area contributed by atoms with E-state index in [1.165, 1.54) is 0 Å². The molecule has 2 heterocycles. The SMILES string of the molecule is COc1ccc2c(c1C)NC(=O)CC2c1cnc(C(C)(C)C)nc1. The maximum absolute atomic E-state index is 12.2. The van der Waals surface area contributed by atoms with Crippen molar-refractivity contribution < 1.29 is 9.53 Å². The summed E-state index contributed by atoms with van der Waals surface area (Å²) >= 11 is 0. The van der Waals surface area contributed by atoms with Crippen LogP contribution in [0.1, 0.15) is 55.6 Å². The molecule has 0 radical (unpaired) electrons. The van der Waals surface area contributed by atoms with Crippen molar-refractivity contribution >= 4 is 11.6 Å². The summed E-state index contributed by atoms with van der Waals surface area (Å²) in [7, 11) is 1.63. The fraction of sp³-hybridized carbons (Fsp3) is 0.421. The van der Waals surface area contributed by atoms with Crippen molar-refractivity contribution in [3.8, 4) is 5.75 Å². The molecular weight excluding hydrogens is 302 g/mol. The highest BCUT2D eigenvalue weighted by Gasteiger charge is 2.29. The number of benzene rings is 1. The normalized spacial score (nSPS) is 17.2. The number of anilines is 1. The topological polar surface area (TPSA) is 64.1 Å². The van der Waals surface area contributed by atoms with E-state index in [1.807, 2.05) is 31.5 Å². The lowest BCUT2D eigenvalue weighted by Crippen LogP contribution is -2.25. The molecule has 1 N–H and O–H groups in total. The van der Waals surface area contributed by atoms with Crippen molar-refractivity contribution in [2.24, 2.45) is 0 Å². The number of carbonyl (C=O) groups excluding carboxylic acids is 1. The summed E-state index contributed by atoms with van der Waals surface area (Å²) < 4.78 is 5.36. The van der Waals surface area contributed by atoms with E-state index in [2.05, 4.69) is 36.1 Å². The van der Waals surface area contributed by atoms with Crippen LogP contribution in [0.25, 0.3) is 0 Å². The number of ether oxygens (including phenoxy) is 1. The predicted octanol–water partition coefficient (Wildman–Crippen LogP) is 3.57. The van der Waals surface area contributed by atoms with Gasteiger partial charge < -0.3 is 10.1 Å². The number of hydrogen-bond acceptors (Lipinski definition) is 4. The Morgan fingerprint density at radius 1 is 1.21 bits per heavy atom. The summed E-state index contributed by atoms with van der Waals surface area (Å²) in [4.78, 5) is 21.2. The predicted molar refractivity (Wildman–Crippen MR) is 93.6 cm³/mol. The zero-order valence-electron chi connectivity index (χ0n) is 14.8. The molecule has 1 aliphatic rings. The Balaban J connectivity index is 2.04.